The van der Waals surface area contributed by atoms with Gasteiger partial charge in [0, 0.05) is 13.1 Å². The average molecular weight is 403 g/mol. The van der Waals surface area contributed by atoms with Gasteiger partial charge in [0.1, 0.15) is 31.2 Å². The third-order valence-corrected chi connectivity index (χ3v) is 4.07. The summed E-state index contributed by atoms with van der Waals surface area (Å²) < 4.78 is 14.9. The Bertz CT molecular complexity index is 795. The molecular weight excluding hydrogens is 382 g/mol. The molecule has 0 saturated carbocycles. The first-order chi connectivity index (χ1) is 13.0. The fourth-order valence-electron chi connectivity index (χ4n) is 2.55. The van der Waals surface area contributed by atoms with Crippen LogP contribution in [0.15, 0.2) is 17.1 Å². The quantitative estimate of drug-likeness (QED) is 0.248. The highest BCUT2D eigenvalue weighted by atomic mass is 16.7. The van der Waals surface area contributed by atoms with Gasteiger partial charge in [0.05, 0.1) is 6.61 Å². The zero-order valence-electron chi connectivity index (χ0n) is 15.1. The summed E-state index contributed by atoms with van der Waals surface area (Å²) in [5, 5.41) is 42.3. The van der Waals surface area contributed by atoms with Crippen molar-refractivity contribution in [2.45, 2.75) is 37.6 Å². The Kier molecular flexibility index (Phi) is 6.36. The predicted octanol–water partition coefficient (Wildman–Crippen LogP) is -2.54. The highest BCUT2D eigenvalue weighted by molar-refractivity contribution is 5.83. The third kappa shape index (κ3) is 4.13. The van der Waals surface area contributed by atoms with Crippen LogP contribution in [0.4, 0.5) is 10.6 Å². The molecule has 0 bridgehead atoms. The Labute approximate surface area is 158 Å². The van der Waals surface area contributed by atoms with Gasteiger partial charge in [0.15, 0.2) is 5.60 Å². The van der Waals surface area contributed by atoms with Crippen molar-refractivity contribution in [1.82, 2.24) is 9.55 Å². The van der Waals surface area contributed by atoms with E-state index in [-0.39, 0.29) is 19.0 Å². The van der Waals surface area contributed by atoms with Crippen molar-refractivity contribution in [3.63, 3.8) is 0 Å². The number of amides is 1. The van der Waals surface area contributed by atoms with Crippen molar-refractivity contribution >= 4 is 17.9 Å². The molecule has 0 radical (unpaired) electrons. The number of nitrogens with zero attached hydrogens (tertiary/aromatic N) is 2. The molecule has 1 aliphatic rings. The van der Waals surface area contributed by atoms with Gasteiger partial charge in [-0.1, -0.05) is 0 Å². The van der Waals surface area contributed by atoms with Crippen LogP contribution in [0, 0.1) is 0 Å². The molecule has 1 aromatic rings. The van der Waals surface area contributed by atoms with Crippen LogP contribution in [-0.2, 0) is 24.9 Å². The fourth-order valence-corrected chi connectivity index (χ4v) is 2.55. The molecule has 1 amide bonds. The summed E-state index contributed by atoms with van der Waals surface area (Å²) in [4.78, 5) is 38.0. The maximum Gasteiger partial charge on any atom is 0.412 e. The highest BCUT2D eigenvalue weighted by Gasteiger charge is 2.64. The number of aliphatic hydroxyl groups is 4. The molecule has 4 atom stereocenters. The molecule has 13 nitrogen and oxygen atoms in total. The number of hydrogen-bond donors (Lipinski definition) is 5. The monoisotopic (exact) mass is 403 g/mol. The molecule has 0 aliphatic carbocycles. The standard InChI is InChI=1S/C15H21N3O10/c1-8(20)26-5-6-27-13(23)17-10-3-4-18(12(22)16-10)15(25)14(2,24)11(21)9(7-19)28-15/h3-4,9,11,19,21,24-25H,5-7H2,1-2H3,(H,16,17,22,23)/t9-,11-,14-,15-/m1/s1. The number of aliphatic hydroxyl groups excluding tert-OH is 2. The molecule has 2 rings (SSSR count). The minimum absolute atomic E-state index is 0.147. The number of hydrogen-bond acceptors (Lipinski definition) is 11. The van der Waals surface area contributed by atoms with Crippen molar-refractivity contribution in [1.29, 1.82) is 0 Å². The van der Waals surface area contributed by atoms with E-state index in [9.17, 15) is 34.8 Å². The molecule has 0 unspecified atom stereocenters. The first-order valence-corrected chi connectivity index (χ1v) is 8.11. The van der Waals surface area contributed by atoms with E-state index in [0.717, 1.165) is 19.2 Å². The summed E-state index contributed by atoms with van der Waals surface area (Å²) >= 11 is 0. The maximum atomic E-state index is 12.2. The number of carbonyl (C=O) groups is 2. The van der Waals surface area contributed by atoms with Crippen LogP contribution < -0.4 is 11.0 Å². The predicted molar refractivity (Wildman–Crippen MR) is 88.9 cm³/mol. The van der Waals surface area contributed by atoms with Gasteiger partial charge in [-0.2, -0.15) is 4.98 Å². The summed E-state index contributed by atoms with van der Waals surface area (Å²) in [5.41, 5.74) is -3.48. The summed E-state index contributed by atoms with van der Waals surface area (Å²) in [6.07, 6.45) is -3.06. The smallest absolute Gasteiger partial charge is 0.412 e. The molecule has 2 heterocycles. The van der Waals surface area contributed by atoms with Crippen LogP contribution in [0.1, 0.15) is 13.8 Å². The number of rotatable bonds is 6. The van der Waals surface area contributed by atoms with Crippen LogP contribution in [0.3, 0.4) is 0 Å². The molecule has 28 heavy (non-hydrogen) atoms. The van der Waals surface area contributed by atoms with E-state index in [1.54, 1.807) is 0 Å². The molecule has 1 saturated heterocycles. The number of aromatic nitrogens is 2. The van der Waals surface area contributed by atoms with Gasteiger partial charge in [0.2, 0.25) is 0 Å². The number of esters is 1. The normalized spacial score (nSPS) is 29.4. The molecule has 0 spiro atoms. The minimum Gasteiger partial charge on any atom is -0.462 e. The van der Waals surface area contributed by atoms with Gasteiger partial charge in [-0.05, 0) is 13.0 Å². The van der Waals surface area contributed by atoms with Crippen LogP contribution in [0.5, 0.6) is 0 Å². The second kappa shape index (κ2) is 8.20. The third-order valence-electron chi connectivity index (χ3n) is 4.07. The average Bonchev–Trinajstić information content (AvgIpc) is 2.79. The molecule has 5 N–H and O–H groups in total. The lowest BCUT2D eigenvalue weighted by Crippen LogP contribution is -2.58. The Balaban J connectivity index is 2.11. The van der Waals surface area contributed by atoms with E-state index in [1.165, 1.54) is 6.92 Å². The summed E-state index contributed by atoms with van der Waals surface area (Å²) in [7, 11) is 0. The van der Waals surface area contributed by atoms with Crippen molar-refractivity contribution in [2.75, 3.05) is 25.1 Å². The Hall–Kier alpha value is -2.58. The molecule has 156 valence electrons. The van der Waals surface area contributed by atoms with Gasteiger partial charge in [-0.3, -0.25) is 10.1 Å². The van der Waals surface area contributed by atoms with Crippen molar-refractivity contribution in [2.24, 2.45) is 0 Å². The van der Waals surface area contributed by atoms with E-state index in [2.05, 4.69) is 15.0 Å². The second-order valence-electron chi connectivity index (χ2n) is 6.11. The van der Waals surface area contributed by atoms with E-state index in [0.29, 0.717) is 4.57 Å². The Morgan fingerprint density at radius 2 is 2.00 bits per heavy atom. The first kappa shape index (κ1) is 21.7. The topological polar surface area (TPSA) is 190 Å². The number of nitrogens with one attached hydrogen (secondary N) is 1. The number of ether oxygens (including phenoxy) is 3. The van der Waals surface area contributed by atoms with Gasteiger partial charge >= 0.3 is 17.8 Å². The van der Waals surface area contributed by atoms with Crippen molar-refractivity contribution in [3.05, 3.63) is 22.7 Å². The van der Waals surface area contributed by atoms with Gasteiger partial charge in [0.25, 0.3) is 5.91 Å². The molecule has 1 fully saturated rings. The molecule has 1 aliphatic heterocycles. The van der Waals surface area contributed by atoms with Crippen molar-refractivity contribution in [3.8, 4) is 0 Å². The first-order valence-electron chi connectivity index (χ1n) is 8.11. The highest BCUT2D eigenvalue weighted by Crippen LogP contribution is 2.40. The number of anilines is 1. The molecule has 1 aromatic heterocycles. The lowest BCUT2D eigenvalue weighted by molar-refractivity contribution is -0.321. The van der Waals surface area contributed by atoms with Crippen LogP contribution in [0.25, 0.3) is 0 Å². The van der Waals surface area contributed by atoms with Crippen LogP contribution in [0.2, 0.25) is 0 Å². The fraction of sp³-hybridized carbons (Fsp3) is 0.600. The SMILES string of the molecule is CC(=O)OCCOC(=O)Nc1ccn([C@]2(O)O[C@H](CO)[C@@H](O)[C@@]2(C)O)c(=O)n1. The van der Waals surface area contributed by atoms with E-state index < -0.39 is 48.1 Å². The van der Waals surface area contributed by atoms with Crippen molar-refractivity contribution < 1.29 is 44.2 Å². The van der Waals surface area contributed by atoms with Gasteiger partial charge in [-0.25, -0.2) is 14.2 Å². The Morgan fingerprint density at radius 1 is 1.36 bits per heavy atom. The van der Waals surface area contributed by atoms with Crippen LogP contribution in [-0.4, -0.2) is 79.7 Å². The zero-order valence-corrected chi connectivity index (χ0v) is 15.1. The molecule has 0 aromatic carbocycles. The van der Waals surface area contributed by atoms with Crippen LogP contribution >= 0.6 is 0 Å². The second-order valence-corrected chi connectivity index (χ2v) is 6.11. The molecular formula is C15H21N3O10. The van der Waals surface area contributed by atoms with Gasteiger partial charge < -0.3 is 34.6 Å². The van der Waals surface area contributed by atoms with E-state index in [4.69, 9.17) is 9.47 Å². The maximum absolute atomic E-state index is 12.2. The van der Waals surface area contributed by atoms with E-state index in [1.807, 2.05) is 0 Å². The van der Waals surface area contributed by atoms with Gasteiger partial charge in [-0.15, -0.1) is 0 Å². The largest absolute Gasteiger partial charge is 0.462 e. The molecule has 13 heteroatoms. The lowest BCUT2D eigenvalue weighted by Gasteiger charge is -2.35. The number of carbonyl (C=O) groups excluding carboxylic acids is 2. The zero-order chi connectivity index (χ0) is 21.1. The lowest BCUT2D eigenvalue weighted by atomic mass is 9.94. The summed E-state index contributed by atoms with van der Waals surface area (Å²) in [5.74, 6) is -3.49. The van der Waals surface area contributed by atoms with E-state index >= 15 is 0 Å². The summed E-state index contributed by atoms with van der Waals surface area (Å²) in [6.45, 7) is 1.12. The summed E-state index contributed by atoms with van der Waals surface area (Å²) in [6, 6.07) is 1.10. The Morgan fingerprint density at radius 3 is 2.54 bits per heavy atom. The minimum atomic E-state index is -2.72.